The zero-order valence-electron chi connectivity index (χ0n) is 11.9. The highest BCUT2D eigenvalue weighted by Gasteiger charge is 2.19. The van der Waals surface area contributed by atoms with Crippen molar-refractivity contribution in [3.8, 4) is 0 Å². The predicted octanol–water partition coefficient (Wildman–Crippen LogP) is 3.50. The van der Waals surface area contributed by atoms with E-state index in [1.165, 1.54) is 48.0 Å². The molecule has 0 amide bonds. The number of nitrogens with zero attached hydrogens (tertiary/aromatic N) is 1. The number of rotatable bonds is 6. The second kappa shape index (κ2) is 8.22. The Morgan fingerprint density at radius 1 is 1.32 bits per heavy atom. The Kier molecular flexibility index (Phi) is 6.61. The van der Waals surface area contributed by atoms with Gasteiger partial charge in [0.1, 0.15) is 0 Å². The molecule has 0 radical (unpaired) electrons. The number of nitrogens with one attached hydrogen (secondary N) is 1. The minimum atomic E-state index is 0.837. The van der Waals surface area contributed by atoms with Crippen molar-refractivity contribution in [3.05, 3.63) is 33.4 Å². The Balaban J connectivity index is 1.78. The first kappa shape index (κ1) is 15.3. The zero-order valence-corrected chi connectivity index (χ0v) is 14.0. The largest absolute Gasteiger partial charge is 0.316 e. The summed E-state index contributed by atoms with van der Waals surface area (Å²) in [5, 5.41) is 3.57. The Morgan fingerprint density at radius 2 is 2.11 bits per heavy atom. The van der Waals surface area contributed by atoms with Gasteiger partial charge >= 0.3 is 0 Å². The average molecular weight is 372 g/mol. The van der Waals surface area contributed by atoms with Gasteiger partial charge in [0.25, 0.3) is 0 Å². The summed E-state index contributed by atoms with van der Waals surface area (Å²) in [6, 6.07) is 8.95. The van der Waals surface area contributed by atoms with E-state index in [4.69, 9.17) is 0 Å². The van der Waals surface area contributed by atoms with Crippen molar-refractivity contribution in [1.29, 1.82) is 0 Å². The number of hydrogen-bond acceptors (Lipinski definition) is 2. The third kappa shape index (κ3) is 5.40. The van der Waals surface area contributed by atoms with Crippen molar-refractivity contribution in [2.45, 2.75) is 32.7 Å². The average Bonchev–Trinajstić information content (AvgIpc) is 2.42. The maximum absolute atomic E-state index is 3.57. The molecule has 0 bridgehead atoms. The van der Waals surface area contributed by atoms with Crippen LogP contribution in [0.3, 0.4) is 0 Å². The van der Waals surface area contributed by atoms with Crippen molar-refractivity contribution in [3.63, 3.8) is 0 Å². The molecule has 0 saturated carbocycles. The lowest BCUT2D eigenvalue weighted by atomic mass is 9.97. The molecule has 0 aliphatic carbocycles. The number of piperidine rings is 1. The number of benzene rings is 1. The molecule has 1 atom stereocenters. The van der Waals surface area contributed by atoms with E-state index < -0.39 is 0 Å². The molecule has 106 valence electrons. The van der Waals surface area contributed by atoms with Crippen LogP contribution >= 0.6 is 22.6 Å². The maximum atomic E-state index is 3.57. The Labute approximate surface area is 131 Å². The summed E-state index contributed by atoms with van der Waals surface area (Å²) >= 11 is 2.37. The van der Waals surface area contributed by atoms with Crippen molar-refractivity contribution in [2.75, 3.05) is 26.2 Å². The first-order valence-electron chi connectivity index (χ1n) is 7.45. The summed E-state index contributed by atoms with van der Waals surface area (Å²) in [6.07, 6.45) is 3.97. The number of halogens is 1. The van der Waals surface area contributed by atoms with Crippen LogP contribution in [0.1, 0.15) is 31.7 Å². The third-order valence-corrected chi connectivity index (χ3v) is 4.50. The molecule has 3 heteroatoms. The smallest absolute Gasteiger partial charge is 0.0233 e. The molecular formula is C16H25IN2. The number of hydrogen-bond donors (Lipinski definition) is 1. The SMILES string of the molecule is CCCNCC1CCCN(Cc2ccc(I)cc2)C1. The molecule has 1 N–H and O–H groups in total. The van der Waals surface area contributed by atoms with E-state index in [0.29, 0.717) is 0 Å². The van der Waals surface area contributed by atoms with Crippen LogP contribution in [0.4, 0.5) is 0 Å². The lowest BCUT2D eigenvalue weighted by Crippen LogP contribution is -2.39. The molecule has 0 aromatic heterocycles. The van der Waals surface area contributed by atoms with Crippen molar-refractivity contribution >= 4 is 22.6 Å². The molecule has 1 fully saturated rings. The Hall–Kier alpha value is -0.130. The van der Waals surface area contributed by atoms with E-state index in [9.17, 15) is 0 Å². The van der Waals surface area contributed by atoms with Gasteiger partial charge in [0.15, 0.2) is 0 Å². The fourth-order valence-corrected chi connectivity index (χ4v) is 3.15. The summed E-state index contributed by atoms with van der Waals surface area (Å²) in [5.74, 6) is 0.837. The quantitative estimate of drug-likeness (QED) is 0.608. The molecule has 1 aliphatic heterocycles. The first-order chi connectivity index (χ1) is 9.28. The molecule has 1 unspecified atom stereocenters. The molecular weight excluding hydrogens is 347 g/mol. The van der Waals surface area contributed by atoms with E-state index >= 15 is 0 Å². The Morgan fingerprint density at radius 3 is 2.84 bits per heavy atom. The molecule has 1 aromatic carbocycles. The molecule has 0 spiro atoms. The third-order valence-electron chi connectivity index (χ3n) is 3.78. The van der Waals surface area contributed by atoms with Gasteiger partial charge in [0, 0.05) is 16.7 Å². The maximum Gasteiger partial charge on any atom is 0.0233 e. The van der Waals surface area contributed by atoms with Gasteiger partial charge in [-0.1, -0.05) is 19.1 Å². The number of likely N-dealkylation sites (tertiary alicyclic amines) is 1. The lowest BCUT2D eigenvalue weighted by Gasteiger charge is -2.33. The summed E-state index contributed by atoms with van der Waals surface area (Å²) in [6.45, 7) is 8.21. The predicted molar refractivity (Wildman–Crippen MR) is 90.3 cm³/mol. The highest BCUT2D eigenvalue weighted by molar-refractivity contribution is 14.1. The van der Waals surface area contributed by atoms with Gasteiger partial charge in [-0.2, -0.15) is 0 Å². The van der Waals surface area contributed by atoms with Crippen LogP contribution < -0.4 is 5.32 Å². The first-order valence-corrected chi connectivity index (χ1v) is 8.53. The van der Waals surface area contributed by atoms with Gasteiger partial charge in [0.2, 0.25) is 0 Å². The van der Waals surface area contributed by atoms with Crippen molar-refractivity contribution in [2.24, 2.45) is 5.92 Å². The lowest BCUT2D eigenvalue weighted by molar-refractivity contribution is 0.165. The van der Waals surface area contributed by atoms with Gasteiger partial charge in [-0.05, 0) is 85.1 Å². The van der Waals surface area contributed by atoms with Crippen LogP contribution in [-0.4, -0.2) is 31.1 Å². The van der Waals surface area contributed by atoms with E-state index in [1.54, 1.807) is 0 Å². The summed E-state index contributed by atoms with van der Waals surface area (Å²) < 4.78 is 1.32. The monoisotopic (exact) mass is 372 g/mol. The minimum Gasteiger partial charge on any atom is -0.316 e. The van der Waals surface area contributed by atoms with Gasteiger partial charge in [-0.3, -0.25) is 4.90 Å². The van der Waals surface area contributed by atoms with E-state index in [-0.39, 0.29) is 0 Å². The molecule has 2 rings (SSSR count). The molecule has 1 saturated heterocycles. The van der Waals surface area contributed by atoms with Gasteiger partial charge in [0.05, 0.1) is 0 Å². The Bertz CT molecular complexity index is 364. The normalized spacial score (nSPS) is 20.6. The van der Waals surface area contributed by atoms with Crippen LogP contribution in [-0.2, 0) is 6.54 Å². The summed E-state index contributed by atoms with van der Waals surface area (Å²) in [7, 11) is 0. The van der Waals surface area contributed by atoms with Gasteiger partial charge < -0.3 is 5.32 Å². The topological polar surface area (TPSA) is 15.3 Å². The highest BCUT2D eigenvalue weighted by Crippen LogP contribution is 2.18. The minimum absolute atomic E-state index is 0.837. The standard InChI is InChI=1S/C16H25IN2/c1-2-9-18-11-15-4-3-10-19(13-15)12-14-5-7-16(17)8-6-14/h5-8,15,18H,2-4,9-13H2,1H3. The molecule has 1 aliphatic rings. The fourth-order valence-electron chi connectivity index (χ4n) is 2.79. The van der Waals surface area contributed by atoms with Crippen molar-refractivity contribution in [1.82, 2.24) is 10.2 Å². The summed E-state index contributed by atoms with van der Waals surface area (Å²) in [5.41, 5.74) is 1.45. The van der Waals surface area contributed by atoms with Crippen molar-refractivity contribution < 1.29 is 0 Å². The highest BCUT2D eigenvalue weighted by atomic mass is 127. The van der Waals surface area contributed by atoms with E-state index in [0.717, 1.165) is 19.0 Å². The molecule has 1 heterocycles. The molecule has 19 heavy (non-hydrogen) atoms. The van der Waals surface area contributed by atoms with Crippen LogP contribution in [0.5, 0.6) is 0 Å². The van der Waals surface area contributed by atoms with Gasteiger partial charge in [-0.25, -0.2) is 0 Å². The van der Waals surface area contributed by atoms with E-state index in [1.807, 2.05) is 0 Å². The molecule has 1 aromatic rings. The van der Waals surface area contributed by atoms with E-state index in [2.05, 4.69) is 64.0 Å². The summed E-state index contributed by atoms with van der Waals surface area (Å²) in [4.78, 5) is 2.62. The second-order valence-corrected chi connectivity index (χ2v) is 6.82. The zero-order chi connectivity index (χ0) is 13.5. The fraction of sp³-hybridized carbons (Fsp3) is 0.625. The van der Waals surface area contributed by atoms with Crippen LogP contribution in [0.15, 0.2) is 24.3 Å². The van der Waals surface area contributed by atoms with Crippen LogP contribution in [0.2, 0.25) is 0 Å². The van der Waals surface area contributed by atoms with Crippen LogP contribution in [0.25, 0.3) is 0 Å². The second-order valence-electron chi connectivity index (χ2n) is 5.57. The molecule has 2 nitrogen and oxygen atoms in total. The van der Waals surface area contributed by atoms with Crippen LogP contribution in [0, 0.1) is 9.49 Å². The van der Waals surface area contributed by atoms with Gasteiger partial charge in [-0.15, -0.1) is 0 Å².